The molecule has 10 nitrogen and oxygen atoms in total. The summed E-state index contributed by atoms with van der Waals surface area (Å²) in [6, 6.07) is 9.91. The highest BCUT2D eigenvalue weighted by atomic mass is 32.2. The van der Waals surface area contributed by atoms with Gasteiger partial charge in [0.15, 0.2) is 5.75 Å². The van der Waals surface area contributed by atoms with Gasteiger partial charge in [-0.25, -0.2) is 0 Å². The standard InChI is InChI=1S/C19H17N5O5S/c1-3-29-16-13(25)9-8-11(14(16)24(27)28)17-20-12-7-5-4-6-10(12)15-18(26)21-19(30-2)22-23(15)17/h4-9,17H,3H2,1-2H3,(H2,21,22,25,26)/p+1/t17-/m1/s1. The van der Waals surface area contributed by atoms with Crippen LogP contribution >= 0.6 is 11.8 Å². The molecular formula is C19H18N5O5S+. The maximum Gasteiger partial charge on any atom is 0.326 e. The molecule has 30 heavy (non-hydrogen) atoms. The molecule has 2 heterocycles. The number of rotatable bonds is 5. The van der Waals surface area contributed by atoms with E-state index in [1.807, 2.05) is 0 Å². The van der Waals surface area contributed by atoms with E-state index in [9.17, 15) is 20.0 Å². The van der Waals surface area contributed by atoms with Crippen molar-refractivity contribution < 1.29 is 19.4 Å². The number of hydrogen-bond acceptors (Lipinski definition) is 8. The smallest absolute Gasteiger partial charge is 0.326 e. The third kappa shape index (κ3) is 3.12. The fraction of sp³-hybridized carbons (Fsp3) is 0.211. The van der Waals surface area contributed by atoms with Crippen LogP contribution in [-0.2, 0) is 0 Å². The van der Waals surface area contributed by atoms with Gasteiger partial charge in [0.2, 0.25) is 10.9 Å². The Labute approximate surface area is 174 Å². The zero-order valence-corrected chi connectivity index (χ0v) is 16.9. The van der Waals surface area contributed by atoms with E-state index in [0.29, 0.717) is 16.4 Å². The number of nitro benzene ring substituents is 1. The predicted molar refractivity (Wildman–Crippen MR) is 110 cm³/mol. The summed E-state index contributed by atoms with van der Waals surface area (Å²) in [5.74, 6) is -0.560. The molecule has 0 spiro atoms. The number of nitrogens with one attached hydrogen (secondary N) is 2. The summed E-state index contributed by atoms with van der Waals surface area (Å²) in [6.07, 6.45) is 0.893. The molecule has 154 valence electrons. The zero-order chi connectivity index (χ0) is 21.4. The van der Waals surface area contributed by atoms with E-state index in [1.54, 1.807) is 37.4 Å². The van der Waals surface area contributed by atoms with Gasteiger partial charge in [0.1, 0.15) is 5.56 Å². The molecule has 0 radical (unpaired) electrons. The van der Waals surface area contributed by atoms with Crippen LogP contribution in [-0.4, -0.2) is 33.0 Å². The van der Waals surface area contributed by atoms with Gasteiger partial charge in [-0.3, -0.25) is 19.9 Å². The van der Waals surface area contributed by atoms with E-state index in [-0.39, 0.29) is 40.6 Å². The Kier molecular flexibility index (Phi) is 5.04. The number of para-hydroxylation sites is 1. The second-order valence-electron chi connectivity index (χ2n) is 6.39. The fourth-order valence-corrected chi connectivity index (χ4v) is 3.83. The highest BCUT2D eigenvalue weighted by Crippen LogP contribution is 2.43. The van der Waals surface area contributed by atoms with Crippen LogP contribution in [0.15, 0.2) is 46.3 Å². The highest BCUT2D eigenvalue weighted by Gasteiger charge is 2.42. The molecule has 0 fully saturated rings. The molecular weight excluding hydrogens is 410 g/mol. The van der Waals surface area contributed by atoms with Crippen molar-refractivity contribution in [2.75, 3.05) is 18.2 Å². The SMILES string of the molecule is CCOc1c(O)ccc([C@@H]2Nc3ccccc3-c3c(=O)[nH]c(SC)n[n+]32)c1[N+](=O)[O-]. The number of fused-ring (bicyclic) bond motifs is 3. The maximum atomic E-state index is 12.9. The molecule has 0 saturated carbocycles. The van der Waals surface area contributed by atoms with Crippen molar-refractivity contribution >= 4 is 23.1 Å². The van der Waals surface area contributed by atoms with Gasteiger partial charge in [0.25, 0.3) is 6.17 Å². The molecule has 1 aliphatic heterocycles. The van der Waals surface area contributed by atoms with E-state index in [4.69, 9.17) is 4.74 Å². The first-order valence-electron chi connectivity index (χ1n) is 9.05. The summed E-state index contributed by atoms with van der Waals surface area (Å²) in [5.41, 5.74) is 0.980. The molecule has 2 aromatic carbocycles. The van der Waals surface area contributed by atoms with Crippen molar-refractivity contribution in [3.8, 4) is 22.8 Å². The number of anilines is 1. The molecule has 0 aliphatic carbocycles. The number of phenols is 1. The summed E-state index contributed by atoms with van der Waals surface area (Å²) in [7, 11) is 0. The quantitative estimate of drug-likeness (QED) is 0.244. The molecule has 11 heteroatoms. The Morgan fingerprint density at radius 2 is 2.10 bits per heavy atom. The molecule has 0 unspecified atom stereocenters. The van der Waals surface area contributed by atoms with Gasteiger partial charge in [-0.05, 0) is 42.1 Å². The van der Waals surface area contributed by atoms with Crippen LogP contribution in [0.4, 0.5) is 11.4 Å². The molecule has 0 amide bonds. The van der Waals surface area contributed by atoms with E-state index < -0.39 is 11.1 Å². The number of thioether (sulfide) groups is 1. The van der Waals surface area contributed by atoms with Gasteiger partial charge in [-0.2, -0.15) is 0 Å². The fourth-order valence-electron chi connectivity index (χ4n) is 3.46. The van der Waals surface area contributed by atoms with Gasteiger partial charge in [-0.15, -0.1) is 0 Å². The highest BCUT2D eigenvalue weighted by molar-refractivity contribution is 7.98. The Balaban J connectivity index is 2.03. The van der Waals surface area contributed by atoms with Crippen molar-refractivity contribution in [1.29, 1.82) is 0 Å². The van der Waals surface area contributed by atoms with Crippen LogP contribution in [0.25, 0.3) is 11.3 Å². The summed E-state index contributed by atoms with van der Waals surface area (Å²) in [6.45, 7) is 1.80. The van der Waals surface area contributed by atoms with Crippen LogP contribution in [0, 0.1) is 10.1 Å². The number of aromatic nitrogens is 3. The number of ether oxygens (including phenoxy) is 1. The second kappa shape index (κ2) is 7.67. The van der Waals surface area contributed by atoms with Crippen molar-refractivity contribution in [3.63, 3.8) is 0 Å². The first kappa shape index (κ1) is 19.7. The lowest BCUT2D eigenvalue weighted by atomic mass is 10.0. The number of benzene rings is 2. The van der Waals surface area contributed by atoms with Crippen molar-refractivity contribution in [2.45, 2.75) is 18.2 Å². The molecule has 1 aliphatic rings. The van der Waals surface area contributed by atoms with Gasteiger partial charge in [0.05, 0.1) is 22.8 Å². The van der Waals surface area contributed by atoms with Crippen LogP contribution in [0.2, 0.25) is 0 Å². The van der Waals surface area contributed by atoms with Crippen LogP contribution in [0.1, 0.15) is 18.7 Å². The monoisotopic (exact) mass is 428 g/mol. The number of nitrogens with zero attached hydrogens (tertiary/aromatic N) is 3. The van der Waals surface area contributed by atoms with Gasteiger partial charge in [-0.1, -0.05) is 23.9 Å². The third-order valence-corrected chi connectivity index (χ3v) is 5.25. The van der Waals surface area contributed by atoms with Crippen molar-refractivity contribution in [2.24, 2.45) is 0 Å². The number of aromatic hydroxyl groups is 1. The minimum absolute atomic E-state index is 0.136. The van der Waals surface area contributed by atoms with Gasteiger partial charge >= 0.3 is 16.9 Å². The first-order chi connectivity index (χ1) is 14.5. The molecule has 1 atom stereocenters. The van der Waals surface area contributed by atoms with Crippen molar-refractivity contribution in [1.82, 2.24) is 10.1 Å². The van der Waals surface area contributed by atoms with E-state index in [2.05, 4.69) is 15.4 Å². The van der Waals surface area contributed by atoms with E-state index >= 15 is 0 Å². The topological polar surface area (TPSA) is 134 Å². The Morgan fingerprint density at radius 1 is 1.33 bits per heavy atom. The Hall–Kier alpha value is -3.60. The lowest BCUT2D eigenvalue weighted by Crippen LogP contribution is -2.55. The number of H-pyrrole nitrogens is 1. The normalized spacial score (nSPS) is 14.4. The molecule has 3 aromatic rings. The molecule has 4 rings (SSSR count). The lowest BCUT2D eigenvalue weighted by molar-refractivity contribution is -0.759. The predicted octanol–water partition coefficient (Wildman–Crippen LogP) is 2.43. The lowest BCUT2D eigenvalue weighted by Gasteiger charge is -2.22. The Bertz CT molecular complexity index is 1210. The molecule has 1 aromatic heterocycles. The van der Waals surface area contributed by atoms with Crippen LogP contribution < -0.4 is 20.3 Å². The number of phenolic OH excluding ortho intramolecular Hbond substituents is 1. The molecule has 3 N–H and O–H groups in total. The summed E-state index contributed by atoms with van der Waals surface area (Å²) in [4.78, 5) is 26.9. The number of hydrogen-bond donors (Lipinski definition) is 3. The van der Waals surface area contributed by atoms with Gasteiger partial charge < -0.3 is 15.2 Å². The largest absolute Gasteiger partial charge is 0.504 e. The average Bonchev–Trinajstić information content (AvgIpc) is 2.74. The Morgan fingerprint density at radius 3 is 2.80 bits per heavy atom. The summed E-state index contributed by atoms with van der Waals surface area (Å²) >= 11 is 1.24. The van der Waals surface area contributed by atoms with Crippen LogP contribution in [0.3, 0.4) is 0 Å². The summed E-state index contributed by atoms with van der Waals surface area (Å²) in [5, 5.41) is 30.2. The zero-order valence-electron chi connectivity index (χ0n) is 16.1. The number of aromatic amines is 1. The number of nitro groups is 1. The average molecular weight is 428 g/mol. The van der Waals surface area contributed by atoms with Gasteiger partial charge in [0, 0.05) is 5.10 Å². The van der Waals surface area contributed by atoms with E-state index in [1.165, 1.54) is 28.6 Å². The minimum Gasteiger partial charge on any atom is -0.504 e. The molecule has 0 saturated heterocycles. The first-order valence-corrected chi connectivity index (χ1v) is 10.3. The summed E-state index contributed by atoms with van der Waals surface area (Å²) < 4.78 is 6.80. The van der Waals surface area contributed by atoms with Crippen molar-refractivity contribution in [3.05, 3.63) is 62.4 Å². The second-order valence-corrected chi connectivity index (χ2v) is 7.19. The maximum absolute atomic E-state index is 12.9. The molecule has 0 bridgehead atoms. The van der Waals surface area contributed by atoms with E-state index in [0.717, 1.165) is 0 Å². The third-order valence-electron chi connectivity index (χ3n) is 4.68. The van der Waals surface area contributed by atoms with Crippen LogP contribution in [0.5, 0.6) is 11.5 Å². The minimum atomic E-state index is -0.872.